The summed E-state index contributed by atoms with van der Waals surface area (Å²) in [6, 6.07) is 17.9. The van der Waals surface area contributed by atoms with Crippen molar-refractivity contribution in [1.29, 1.82) is 0 Å². The first-order valence-corrected chi connectivity index (χ1v) is 10.1. The molecule has 5 nitrogen and oxygen atoms in total. The van der Waals surface area contributed by atoms with E-state index in [0.29, 0.717) is 32.3 Å². The Bertz CT molecular complexity index is 1120. The lowest BCUT2D eigenvalue weighted by Gasteiger charge is -2.11. The summed E-state index contributed by atoms with van der Waals surface area (Å²) < 4.78 is 13.3. The maximum absolute atomic E-state index is 13.3. The van der Waals surface area contributed by atoms with Crippen LogP contribution in [0.15, 0.2) is 82.8 Å². The molecule has 1 unspecified atom stereocenters. The van der Waals surface area contributed by atoms with E-state index in [2.05, 4.69) is 15.3 Å². The highest BCUT2D eigenvalue weighted by Crippen LogP contribution is 2.33. The van der Waals surface area contributed by atoms with E-state index < -0.39 is 11.2 Å². The molecule has 0 saturated heterocycles. The number of H-pyrrole nitrogens is 1. The van der Waals surface area contributed by atoms with Gasteiger partial charge in [-0.15, -0.1) is 0 Å². The Morgan fingerprint density at radius 2 is 1.86 bits per heavy atom. The van der Waals surface area contributed by atoms with Gasteiger partial charge >= 0.3 is 0 Å². The highest BCUT2D eigenvalue weighted by molar-refractivity contribution is 7.91. The van der Waals surface area contributed by atoms with Crippen LogP contribution in [0.4, 0.5) is 0 Å². The van der Waals surface area contributed by atoms with Crippen molar-refractivity contribution in [3.05, 3.63) is 89.3 Å². The minimum absolute atomic E-state index is 0.272. The predicted molar refractivity (Wildman–Crippen MR) is 110 cm³/mol. The van der Waals surface area contributed by atoms with Crippen molar-refractivity contribution in [1.82, 2.24) is 15.3 Å². The third kappa shape index (κ3) is 3.75. The molecular weight excluding hydrogens is 394 g/mol. The number of rotatable bonds is 5. The molecule has 4 rings (SSSR count). The summed E-state index contributed by atoms with van der Waals surface area (Å²) in [6.07, 6.45) is 3.34. The van der Waals surface area contributed by atoms with Crippen LogP contribution in [0.5, 0.6) is 0 Å². The number of nitrogens with one attached hydrogen (secondary N) is 2. The molecule has 0 spiro atoms. The molecule has 1 atom stereocenters. The second-order valence-corrected chi connectivity index (χ2v) is 7.99. The van der Waals surface area contributed by atoms with Gasteiger partial charge in [0.2, 0.25) is 0 Å². The van der Waals surface area contributed by atoms with Crippen LogP contribution in [-0.4, -0.2) is 20.4 Å². The monoisotopic (exact) mass is 409 g/mol. The zero-order valence-corrected chi connectivity index (χ0v) is 16.3. The van der Waals surface area contributed by atoms with Gasteiger partial charge in [-0.3, -0.25) is 9.78 Å². The number of carbonyl (C=O) groups is 1. The van der Waals surface area contributed by atoms with Crippen LogP contribution >= 0.6 is 11.6 Å². The molecule has 140 valence electrons. The van der Waals surface area contributed by atoms with Crippen LogP contribution in [0.3, 0.4) is 0 Å². The number of carbonyl (C=O) groups excluding carboxylic acids is 1. The van der Waals surface area contributed by atoms with E-state index in [1.807, 2.05) is 30.3 Å². The van der Waals surface area contributed by atoms with Crippen LogP contribution in [0.2, 0.25) is 5.02 Å². The first-order valence-electron chi connectivity index (χ1n) is 8.58. The molecule has 0 saturated carbocycles. The van der Waals surface area contributed by atoms with Crippen molar-refractivity contribution in [3.63, 3.8) is 0 Å². The largest absolute Gasteiger partial charge is 0.606 e. The van der Waals surface area contributed by atoms with Crippen molar-refractivity contribution in [2.45, 2.75) is 16.3 Å². The number of halogens is 1. The van der Waals surface area contributed by atoms with Gasteiger partial charge in [0, 0.05) is 35.1 Å². The number of aromatic nitrogens is 2. The van der Waals surface area contributed by atoms with E-state index in [-0.39, 0.29) is 11.6 Å². The third-order valence-corrected chi connectivity index (χ3v) is 6.02. The SMILES string of the molecule is O=C(NCc1ccncc1)c1[nH]c2ccc(Cl)cc2c1[S+]([O-])c1ccccc1. The van der Waals surface area contributed by atoms with Gasteiger partial charge in [-0.05, 0) is 48.0 Å². The van der Waals surface area contributed by atoms with E-state index >= 15 is 0 Å². The lowest BCUT2D eigenvalue weighted by atomic mass is 10.2. The zero-order chi connectivity index (χ0) is 19.5. The second-order valence-electron chi connectivity index (χ2n) is 6.14. The molecule has 0 aliphatic carbocycles. The molecule has 28 heavy (non-hydrogen) atoms. The van der Waals surface area contributed by atoms with Gasteiger partial charge < -0.3 is 14.9 Å². The molecule has 4 aromatic rings. The molecule has 2 aromatic carbocycles. The summed E-state index contributed by atoms with van der Waals surface area (Å²) in [7, 11) is 0. The standard InChI is InChI=1S/C21H16ClN3O2S/c22-15-6-7-18-17(12-15)20(28(27)16-4-2-1-3-5-16)19(25-18)21(26)24-13-14-8-10-23-11-9-14/h1-12,25H,13H2,(H,24,26). The number of pyridine rings is 1. The second kappa shape index (κ2) is 8.06. The molecule has 2 N–H and O–H groups in total. The van der Waals surface area contributed by atoms with E-state index in [1.165, 1.54) is 0 Å². The fraction of sp³-hybridized carbons (Fsp3) is 0.0476. The predicted octanol–water partition coefficient (Wildman–Crippen LogP) is 4.31. The number of hydrogen-bond acceptors (Lipinski definition) is 3. The number of benzene rings is 2. The molecule has 0 radical (unpaired) electrons. The first-order chi connectivity index (χ1) is 13.6. The first kappa shape index (κ1) is 18.6. The third-order valence-electron chi connectivity index (χ3n) is 4.29. The summed E-state index contributed by atoms with van der Waals surface area (Å²) in [5, 5.41) is 4.06. The molecule has 2 aromatic heterocycles. The van der Waals surface area contributed by atoms with Crippen molar-refractivity contribution in [3.8, 4) is 0 Å². The van der Waals surface area contributed by atoms with Gasteiger partial charge in [-0.2, -0.15) is 0 Å². The quantitative estimate of drug-likeness (QED) is 0.482. The Labute approximate surface area is 169 Å². The van der Waals surface area contributed by atoms with Crippen LogP contribution in [0.1, 0.15) is 16.1 Å². The average Bonchev–Trinajstić information content (AvgIpc) is 3.11. The fourth-order valence-corrected chi connectivity index (χ4v) is 4.44. The average molecular weight is 410 g/mol. The van der Waals surface area contributed by atoms with Gasteiger partial charge in [0.25, 0.3) is 5.91 Å². The maximum Gasteiger partial charge on any atom is 0.273 e. The van der Waals surface area contributed by atoms with Gasteiger partial charge in [-0.1, -0.05) is 29.8 Å². The number of amides is 1. The molecule has 7 heteroatoms. The fourth-order valence-electron chi connectivity index (χ4n) is 2.93. The Kier molecular flexibility index (Phi) is 5.34. The molecule has 0 fully saturated rings. The molecular formula is C21H16ClN3O2S. The summed E-state index contributed by atoms with van der Waals surface area (Å²) >= 11 is 4.61. The Morgan fingerprint density at radius 3 is 2.61 bits per heavy atom. The summed E-state index contributed by atoms with van der Waals surface area (Å²) in [5.41, 5.74) is 1.90. The molecule has 0 aliphatic rings. The van der Waals surface area contributed by atoms with Crippen LogP contribution < -0.4 is 5.32 Å². The smallest absolute Gasteiger partial charge is 0.273 e. The van der Waals surface area contributed by atoms with E-state index in [9.17, 15) is 9.35 Å². The summed E-state index contributed by atoms with van der Waals surface area (Å²) in [5.74, 6) is -0.330. The minimum atomic E-state index is -1.54. The lowest BCUT2D eigenvalue weighted by Crippen LogP contribution is -2.25. The van der Waals surface area contributed by atoms with Gasteiger partial charge in [0.15, 0.2) is 15.5 Å². The van der Waals surface area contributed by atoms with Crippen LogP contribution in [-0.2, 0) is 17.7 Å². The highest BCUT2D eigenvalue weighted by atomic mass is 35.5. The summed E-state index contributed by atoms with van der Waals surface area (Å²) in [6.45, 7) is 0.342. The van der Waals surface area contributed by atoms with Crippen LogP contribution in [0, 0.1) is 0 Å². The molecule has 0 aliphatic heterocycles. The van der Waals surface area contributed by atoms with Gasteiger partial charge in [0.1, 0.15) is 0 Å². The normalized spacial score (nSPS) is 12.1. The number of fused-ring (bicyclic) bond motifs is 1. The minimum Gasteiger partial charge on any atom is -0.606 e. The van der Waals surface area contributed by atoms with E-state index in [0.717, 1.165) is 5.56 Å². The van der Waals surface area contributed by atoms with E-state index in [1.54, 1.807) is 42.7 Å². The number of nitrogens with zero attached hydrogens (tertiary/aromatic N) is 1. The van der Waals surface area contributed by atoms with Crippen molar-refractivity contribution in [2.75, 3.05) is 0 Å². The van der Waals surface area contributed by atoms with E-state index in [4.69, 9.17) is 11.6 Å². The summed E-state index contributed by atoms with van der Waals surface area (Å²) in [4.78, 5) is 21.0. The Hall–Kier alpha value is -2.80. The highest BCUT2D eigenvalue weighted by Gasteiger charge is 2.29. The number of aromatic amines is 1. The van der Waals surface area contributed by atoms with Gasteiger partial charge in [-0.25, -0.2) is 0 Å². The van der Waals surface area contributed by atoms with Crippen LogP contribution in [0.25, 0.3) is 10.9 Å². The van der Waals surface area contributed by atoms with Crippen molar-refractivity contribution >= 4 is 39.6 Å². The van der Waals surface area contributed by atoms with Crippen molar-refractivity contribution < 1.29 is 9.35 Å². The Balaban J connectivity index is 1.73. The Morgan fingerprint density at radius 1 is 1.11 bits per heavy atom. The zero-order valence-electron chi connectivity index (χ0n) is 14.7. The number of hydrogen-bond donors (Lipinski definition) is 2. The molecule has 2 heterocycles. The molecule has 0 bridgehead atoms. The van der Waals surface area contributed by atoms with Crippen molar-refractivity contribution in [2.24, 2.45) is 0 Å². The van der Waals surface area contributed by atoms with Gasteiger partial charge in [0.05, 0.1) is 10.9 Å². The molecule has 1 amide bonds. The topological polar surface area (TPSA) is 80.8 Å². The maximum atomic E-state index is 13.3. The lowest BCUT2D eigenvalue weighted by molar-refractivity contribution is 0.0943.